The normalized spacial score (nSPS) is 11.4. The lowest BCUT2D eigenvalue weighted by atomic mass is 9.91. The summed E-state index contributed by atoms with van der Waals surface area (Å²) in [6.07, 6.45) is 0. The molecular formula is C15H18N2OS2. The van der Waals surface area contributed by atoms with Crippen LogP contribution in [-0.4, -0.2) is 17.1 Å². The first-order valence-corrected chi connectivity index (χ1v) is 7.51. The Morgan fingerprint density at radius 1 is 1.25 bits per heavy atom. The van der Waals surface area contributed by atoms with Crippen molar-refractivity contribution < 1.29 is 4.74 Å². The average molecular weight is 306 g/mol. The molecule has 20 heavy (non-hydrogen) atoms. The smallest absolute Gasteiger partial charge is 0.124 e. The third-order valence-electron chi connectivity index (χ3n) is 2.90. The fraction of sp³-hybridized carbons (Fsp3) is 0.333. The number of benzene rings is 1. The molecule has 3 nitrogen and oxygen atoms in total. The molecule has 106 valence electrons. The third-order valence-corrected chi connectivity index (χ3v) is 4.37. The first-order chi connectivity index (χ1) is 9.32. The van der Waals surface area contributed by atoms with Gasteiger partial charge in [0.2, 0.25) is 0 Å². The molecule has 1 heterocycles. The first-order valence-electron chi connectivity index (χ1n) is 6.28. The second kappa shape index (κ2) is 5.50. The van der Waals surface area contributed by atoms with Crippen LogP contribution in [0, 0.1) is 0 Å². The van der Waals surface area contributed by atoms with E-state index >= 15 is 0 Å². The van der Waals surface area contributed by atoms with Crippen molar-refractivity contribution in [3.05, 3.63) is 34.8 Å². The second-order valence-corrected chi connectivity index (χ2v) is 6.98. The molecule has 0 bridgehead atoms. The highest BCUT2D eigenvalue weighted by molar-refractivity contribution is 7.81. The van der Waals surface area contributed by atoms with E-state index in [1.54, 1.807) is 18.4 Å². The molecule has 2 aromatic rings. The summed E-state index contributed by atoms with van der Waals surface area (Å²) in [6, 6.07) is 7.84. The SMILES string of the molecule is COc1ccc(-c2nc(C(C)(C)C)c(C(N)=S)s2)cc1. The summed E-state index contributed by atoms with van der Waals surface area (Å²) >= 11 is 6.69. The van der Waals surface area contributed by atoms with Crippen LogP contribution in [0.15, 0.2) is 24.3 Å². The van der Waals surface area contributed by atoms with Gasteiger partial charge in [0, 0.05) is 11.0 Å². The second-order valence-electron chi connectivity index (χ2n) is 5.54. The highest BCUT2D eigenvalue weighted by Gasteiger charge is 2.24. The molecule has 0 saturated heterocycles. The van der Waals surface area contributed by atoms with E-state index in [9.17, 15) is 0 Å². The summed E-state index contributed by atoms with van der Waals surface area (Å²) in [4.78, 5) is 6.05. The van der Waals surface area contributed by atoms with Crippen LogP contribution in [0.25, 0.3) is 10.6 Å². The number of aromatic nitrogens is 1. The highest BCUT2D eigenvalue weighted by atomic mass is 32.1. The number of thiazole rings is 1. The molecule has 0 fully saturated rings. The lowest BCUT2D eigenvalue weighted by Crippen LogP contribution is -2.19. The van der Waals surface area contributed by atoms with Crippen molar-refractivity contribution in [3.63, 3.8) is 0 Å². The van der Waals surface area contributed by atoms with Crippen LogP contribution in [0.1, 0.15) is 31.3 Å². The van der Waals surface area contributed by atoms with E-state index in [2.05, 4.69) is 20.8 Å². The zero-order chi connectivity index (χ0) is 14.9. The molecule has 0 aliphatic rings. The van der Waals surface area contributed by atoms with E-state index in [1.165, 1.54) is 0 Å². The minimum atomic E-state index is -0.0833. The Bertz CT molecular complexity index is 624. The van der Waals surface area contributed by atoms with Crippen molar-refractivity contribution >= 4 is 28.5 Å². The van der Waals surface area contributed by atoms with Crippen LogP contribution in [0.4, 0.5) is 0 Å². The number of rotatable bonds is 3. The number of nitrogens with zero attached hydrogens (tertiary/aromatic N) is 1. The van der Waals surface area contributed by atoms with Crippen LogP contribution in [-0.2, 0) is 5.41 Å². The van der Waals surface area contributed by atoms with Crippen LogP contribution in [0.5, 0.6) is 5.75 Å². The standard InChI is InChI=1S/C15H18N2OS2/c1-15(2,3)12-11(13(16)19)20-14(17-12)9-5-7-10(18-4)8-6-9/h5-8H,1-4H3,(H2,16,19). The van der Waals surface area contributed by atoms with Gasteiger partial charge in [-0.1, -0.05) is 33.0 Å². The van der Waals surface area contributed by atoms with E-state index in [-0.39, 0.29) is 5.41 Å². The van der Waals surface area contributed by atoms with Crippen molar-refractivity contribution in [2.24, 2.45) is 5.73 Å². The van der Waals surface area contributed by atoms with E-state index < -0.39 is 0 Å². The molecule has 5 heteroatoms. The summed E-state index contributed by atoms with van der Waals surface area (Å²) in [6.45, 7) is 6.34. The molecule has 0 aliphatic heterocycles. The Morgan fingerprint density at radius 2 is 1.85 bits per heavy atom. The molecule has 0 saturated carbocycles. The maximum absolute atomic E-state index is 5.83. The van der Waals surface area contributed by atoms with Gasteiger partial charge in [0.1, 0.15) is 15.7 Å². The molecule has 2 N–H and O–H groups in total. The fourth-order valence-electron chi connectivity index (χ4n) is 1.85. The molecule has 1 aromatic carbocycles. The Hall–Kier alpha value is -1.46. The highest BCUT2D eigenvalue weighted by Crippen LogP contribution is 2.34. The van der Waals surface area contributed by atoms with Gasteiger partial charge >= 0.3 is 0 Å². The van der Waals surface area contributed by atoms with Gasteiger partial charge in [0.05, 0.1) is 17.7 Å². The van der Waals surface area contributed by atoms with E-state index in [0.29, 0.717) is 4.99 Å². The number of methoxy groups -OCH3 is 1. The quantitative estimate of drug-likeness (QED) is 0.877. The van der Waals surface area contributed by atoms with E-state index in [4.69, 9.17) is 27.7 Å². The van der Waals surface area contributed by atoms with Crippen molar-refractivity contribution in [3.8, 4) is 16.3 Å². The molecule has 0 radical (unpaired) electrons. The number of hydrogen-bond donors (Lipinski definition) is 1. The molecule has 0 spiro atoms. The molecule has 0 aliphatic carbocycles. The van der Waals surface area contributed by atoms with Gasteiger partial charge in [0.25, 0.3) is 0 Å². The number of nitrogens with two attached hydrogens (primary N) is 1. The minimum Gasteiger partial charge on any atom is -0.497 e. The summed E-state index contributed by atoms with van der Waals surface area (Å²) in [5, 5.41) is 0.931. The fourth-order valence-corrected chi connectivity index (χ4v) is 3.21. The van der Waals surface area contributed by atoms with Crippen molar-refractivity contribution in [2.75, 3.05) is 7.11 Å². The largest absolute Gasteiger partial charge is 0.497 e. The number of thiocarbonyl (C=S) groups is 1. The van der Waals surface area contributed by atoms with E-state index in [1.807, 2.05) is 24.3 Å². The maximum Gasteiger partial charge on any atom is 0.124 e. The summed E-state index contributed by atoms with van der Waals surface area (Å²) in [5.74, 6) is 0.830. The molecule has 0 unspecified atom stereocenters. The van der Waals surface area contributed by atoms with Crippen LogP contribution in [0.2, 0.25) is 0 Å². The lowest BCUT2D eigenvalue weighted by Gasteiger charge is -2.16. The van der Waals surface area contributed by atoms with Crippen LogP contribution >= 0.6 is 23.6 Å². The number of ether oxygens (including phenoxy) is 1. The van der Waals surface area contributed by atoms with Gasteiger partial charge in [-0.25, -0.2) is 4.98 Å². The van der Waals surface area contributed by atoms with Gasteiger partial charge < -0.3 is 10.5 Å². The van der Waals surface area contributed by atoms with Gasteiger partial charge in [-0.2, -0.15) is 0 Å². The molecule has 0 atom stereocenters. The molecule has 2 rings (SSSR count). The first kappa shape index (κ1) is 14.9. The van der Waals surface area contributed by atoms with Crippen LogP contribution in [0.3, 0.4) is 0 Å². The predicted octanol–water partition coefficient (Wildman–Crippen LogP) is 3.75. The van der Waals surface area contributed by atoms with Gasteiger partial charge in [0.15, 0.2) is 0 Å². The van der Waals surface area contributed by atoms with Gasteiger partial charge in [-0.3, -0.25) is 0 Å². The minimum absolute atomic E-state index is 0.0833. The van der Waals surface area contributed by atoms with Gasteiger partial charge in [-0.15, -0.1) is 11.3 Å². The maximum atomic E-state index is 5.83. The molecule has 0 amide bonds. The Morgan fingerprint density at radius 3 is 2.25 bits per heavy atom. The zero-order valence-electron chi connectivity index (χ0n) is 12.1. The molecule has 1 aromatic heterocycles. The Labute approximate surface area is 128 Å². The lowest BCUT2D eigenvalue weighted by molar-refractivity contribution is 0.415. The van der Waals surface area contributed by atoms with Gasteiger partial charge in [-0.05, 0) is 24.3 Å². The third kappa shape index (κ3) is 2.99. The summed E-state index contributed by atoms with van der Waals surface area (Å²) < 4.78 is 5.17. The van der Waals surface area contributed by atoms with Crippen LogP contribution < -0.4 is 10.5 Å². The zero-order valence-corrected chi connectivity index (χ0v) is 13.7. The predicted molar refractivity (Wildman–Crippen MR) is 88.7 cm³/mol. The number of hydrogen-bond acceptors (Lipinski definition) is 4. The topological polar surface area (TPSA) is 48.1 Å². The summed E-state index contributed by atoms with van der Waals surface area (Å²) in [5.41, 5.74) is 7.75. The monoisotopic (exact) mass is 306 g/mol. The Balaban J connectivity index is 2.50. The average Bonchev–Trinajstić information content (AvgIpc) is 2.84. The Kier molecular flexibility index (Phi) is 4.11. The van der Waals surface area contributed by atoms with E-state index in [0.717, 1.165) is 26.9 Å². The van der Waals surface area contributed by atoms with Crippen molar-refractivity contribution in [2.45, 2.75) is 26.2 Å². The van der Waals surface area contributed by atoms with Crippen molar-refractivity contribution in [1.82, 2.24) is 4.98 Å². The summed E-state index contributed by atoms with van der Waals surface area (Å²) in [7, 11) is 1.65. The molecular weight excluding hydrogens is 288 g/mol. The van der Waals surface area contributed by atoms with Crippen molar-refractivity contribution in [1.29, 1.82) is 0 Å².